The van der Waals surface area contributed by atoms with Gasteiger partial charge >= 0.3 is 5.97 Å². The lowest BCUT2D eigenvalue weighted by atomic mass is 10.0. The molecule has 0 aliphatic rings. The van der Waals surface area contributed by atoms with Crippen LogP contribution in [0.15, 0.2) is 73.3 Å². The Kier molecular flexibility index (Phi) is 7.84. The summed E-state index contributed by atoms with van der Waals surface area (Å²) in [6.45, 7) is 10.9. The van der Waals surface area contributed by atoms with Crippen molar-refractivity contribution in [1.82, 2.24) is 5.32 Å². The minimum absolute atomic E-state index is 0.395. The number of hydrogen-bond acceptors (Lipinski definition) is 3. The molecule has 136 valence electrons. The standard InChI is InChI=1S/C23H27NO2/c1-4-6-7-19-8-10-20(11-9-19)21-12-14-22(15-13-21)26-23(25)18(3)17-24-16-5-2/h4,8-15,24H,1,3,5-7,16-17H2,2H3. The van der Waals surface area contributed by atoms with E-state index in [0.717, 1.165) is 36.9 Å². The summed E-state index contributed by atoms with van der Waals surface area (Å²) in [7, 11) is 0. The number of hydrogen-bond donors (Lipinski definition) is 1. The average Bonchev–Trinajstić information content (AvgIpc) is 2.67. The van der Waals surface area contributed by atoms with Crippen LogP contribution in [0.25, 0.3) is 11.1 Å². The number of rotatable bonds is 10. The lowest BCUT2D eigenvalue weighted by Crippen LogP contribution is -2.23. The Morgan fingerprint density at radius 2 is 1.69 bits per heavy atom. The van der Waals surface area contributed by atoms with E-state index in [-0.39, 0.29) is 0 Å². The quantitative estimate of drug-likeness (QED) is 0.217. The van der Waals surface area contributed by atoms with E-state index in [0.29, 0.717) is 17.9 Å². The molecule has 0 unspecified atom stereocenters. The lowest BCUT2D eigenvalue weighted by molar-refractivity contribution is -0.130. The Bertz CT molecular complexity index is 730. The van der Waals surface area contributed by atoms with E-state index in [9.17, 15) is 4.79 Å². The van der Waals surface area contributed by atoms with Gasteiger partial charge in [-0.1, -0.05) is 56.0 Å². The van der Waals surface area contributed by atoms with E-state index in [1.54, 1.807) is 0 Å². The molecule has 0 radical (unpaired) electrons. The first kappa shape index (κ1) is 19.7. The molecule has 3 nitrogen and oxygen atoms in total. The molecule has 2 rings (SSSR count). The summed E-state index contributed by atoms with van der Waals surface area (Å²) in [6, 6.07) is 16.0. The van der Waals surface area contributed by atoms with Gasteiger partial charge in [-0.2, -0.15) is 0 Å². The zero-order valence-corrected chi connectivity index (χ0v) is 15.5. The van der Waals surface area contributed by atoms with E-state index in [2.05, 4.69) is 49.7 Å². The molecular weight excluding hydrogens is 322 g/mol. The van der Waals surface area contributed by atoms with Crippen LogP contribution < -0.4 is 10.1 Å². The lowest BCUT2D eigenvalue weighted by Gasteiger charge is -2.09. The smallest absolute Gasteiger partial charge is 0.340 e. The highest BCUT2D eigenvalue weighted by atomic mass is 16.5. The van der Waals surface area contributed by atoms with Gasteiger partial charge in [0.25, 0.3) is 0 Å². The van der Waals surface area contributed by atoms with Crippen LogP contribution in [0, 0.1) is 0 Å². The van der Waals surface area contributed by atoms with Gasteiger partial charge in [-0.05, 0) is 54.6 Å². The van der Waals surface area contributed by atoms with Gasteiger partial charge in [-0.25, -0.2) is 4.79 Å². The number of benzene rings is 2. The number of carbonyl (C=O) groups is 1. The molecule has 2 aromatic carbocycles. The van der Waals surface area contributed by atoms with E-state index in [4.69, 9.17) is 4.74 Å². The van der Waals surface area contributed by atoms with Gasteiger partial charge in [0.15, 0.2) is 0 Å². The van der Waals surface area contributed by atoms with Crippen LogP contribution in [0.2, 0.25) is 0 Å². The van der Waals surface area contributed by atoms with Crippen molar-refractivity contribution in [2.45, 2.75) is 26.2 Å². The number of allylic oxidation sites excluding steroid dienone is 1. The van der Waals surface area contributed by atoms with Crippen LogP contribution in [0.4, 0.5) is 0 Å². The first-order valence-electron chi connectivity index (χ1n) is 9.05. The van der Waals surface area contributed by atoms with Crippen LogP contribution in [0.5, 0.6) is 5.75 Å². The number of carbonyl (C=O) groups excluding carboxylic acids is 1. The Labute approximate surface area is 156 Å². The summed E-state index contributed by atoms with van der Waals surface area (Å²) in [5.74, 6) is 0.130. The van der Waals surface area contributed by atoms with Crippen molar-refractivity contribution in [2.75, 3.05) is 13.1 Å². The third kappa shape index (κ3) is 6.01. The number of aryl methyl sites for hydroxylation is 1. The van der Waals surface area contributed by atoms with Crippen LogP contribution in [0.1, 0.15) is 25.3 Å². The minimum Gasteiger partial charge on any atom is -0.423 e. The van der Waals surface area contributed by atoms with Crippen molar-refractivity contribution >= 4 is 5.97 Å². The molecule has 0 aliphatic heterocycles. The second kappa shape index (κ2) is 10.4. The van der Waals surface area contributed by atoms with Gasteiger partial charge in [-0.3, -0.25) is 0 Å². The normalized spacial score (nSPS) is 10.3. The van der Waals surface area contributed by atoms with Crippen molar-refractivity contribution in [1.29, 1.82) is 0 Å². The van der Waals surface area contributed by atoms with Gasteiger partial charge in [0.1, 0.15) is 5.75 Å². The van der Waals surface area contributed by atoms with Gasteiger partial charge < -0.3 is 10.1 Å². The summed E-state index contributed by atoms with van der Waals surface area (Å²) < 4.78 is 5.37. The largest absolute Gasteiger partial charge is 0.423 e. The molecule has 1 N–H and O–H groups in total. The third-order valence-electron chi connectivity index (χ3n) is 4.04. The zero-order chi connectivity index (χ0) is 18.8. The monoisotopic (exact) mass is 349 g/mol. The molecule has 2 aromatic rings. The third-order valence-corrected chi connectivity index (χ3v) is 4.04. The zero-order valence-electron chi connectivity index (χ0n) is 15.5. The molecule has 0 aromatic heterocycles. The van der Waals surface area contributed by atoms with Crippen LogP contribution in [0.3, 0.4) is 0 Å². The van der Waals surface area contributed by atoms with Gasteiger partial charge in [0.2, 0.25) is 0 Å². The van der Waals surface area contributed by atoms with E-state index in [1.807, 2.05) is 30.3 Å². The van der Waals surface area contributed by atoms with Crippen molar-refractivity contribution in [3.05, 3.63) is 78.9 Å². The van der Waals surface area contributed by atoms with E-state index in [1.165, 1.54) is 5.56 Å². The maximum atomic E-state index is 12.0. The maximum Gasteiger partial charge on any atom is 0.340 e. The number of nitrogens with one attached hydrogen (secondary N) is 1. The number of ether oxygens (including phenoxy) is 1. The molecular formula is C23H27NO2. The SMILES string of the molecule is C=CCCc1ccc(-c2ccc(OC(=O)C(=C)CNCCC)cc2)cc1. The Morgan fingerprint density at radius 3 is 2.27 bits per heavy atom. The first-order valence-corrected chi connectivity index (χ1v) is 9.05. The van der Waals surface area contributed by atoms with Crippen molar-refractivity contribution in [3.8, 4) is 16.9 Å². The highest BCUT2D eigenvalue weighted by molar-refractivity contribution is 5.90. The van der Waals surface area contributed by atoms with Crippen LogP contribution in [-0.4, -0.2) is 19.1 Å². The Balaban J connectivity index is 1.94. The fraction of sp³-hybridized carbons (Fsp3) is 0.261. The molecule has 0 spiro atoms. The molecule has 0 heterocycles. The summed E-state index contributed by atoms with van der Waals surface area (Å²) in [6.07, 6.45) is 4.94. The second-order valence-electron chi connectivity index (χ2n) is 6.22. The summed E-state index contributed by atoms with van der Waals surface area (Å²) >= 11 is 0. The van der Waals surface area contributed by atoms with Crippen molar-refractivity contribution < 1.29 is 9.53 Å². The summed E-state index contributed by atoms with van der Waals surface area (Å²) in [5.41, 5.74) is 3.95. The molecule has 0 fully saturated rings. The molecule has 0 saturated heterocycles. The van der Waals surface area contributed by atoms with E-state index >= 15 is 0 Å². The van der Waals surface area contributed by atoms with E-state index < -0.39 is 5.97 Å². The second-order valence-corrected chi connectivity index (χ2v) is 6.22. The fourth-order valence-corrected chi connectivity index (χ4v) is 2.52. The topological polar surface area (TPSA) is 38.3 Å². The maximum absolute atomic E-state index is 12.0. The molecule has 0 saturated carbocycles. The summed E-state index contributed by atoms with van der Waals surface area (Å²) in [5, 5.41) is 3.14. The predicted octanol–water partition coefficient (Wildman–Crippen LogP) is 4.93. The first-order chi connectivity index (χ1) is 12.6. The average molecular weight is 349 g/mol. The van der Waals surface area contributed by atoms with Gasteiger partial charge in [-0.15, -0.1) is 6.58 Å². The van der Waals surface area contributed by atoms with Gasteiger partial charge in [0, 0.05) is 12.1 Å². The van der Waals surface area contributed by atoms with Crippen molar-refractivity contribution in [3.63, 3.8) is 0 Å². The van der Waals surface area contributed by atoms with Crippen LogP contribution in [-0.2, 0) is 11.2 Å². The Hall–Kier alpha value is -2.65. The fourth-order valence-electron chi connectivity index (χ4n) is 2.52. The summed E-state index contributed by atoms with van der Waals surface area (Å²) in [4.78, 5) is 12.0. The Morgan fingerprint density at radius 1 is 1.08 bits per heavy atom. The van der Waals surface area contributed by atoms with Crippen molar-refractivity contribution in [2.24, 2.45) is 0 Å². The minimum atomic E-state index is -0.395. The molecule has 0 bridgehead atoms. The van der Waals surface area contributed by atoms with Crippen LogP contribution >= 0.6 is 0 Å². The molecule has 0 atom stereocenters. The molecule has 0 aliphatic carbocycles. The number of esters is 1. The van der Waals surface area contributed by atoms with Gasteiger partial charge in [0.05, 0.1) is 0 Å². The highest BCUT2D eigenvalue weighted by Crippen LogP contribution is 2.23. The highest BCUT2D eigenvalue weighted by Gasteiger charge is 2.09. The molecule has 3 heteroatoms. The molecule has 26 heavy (non-hydrogen) atoms. The molecule has 0 amide bonds. The predicted molar refractivity (Wildman–Crippen MR) is 108 cm³/mol.